The molecule has 0 aromatic heterocycles. The van der Waals surface area contributed by atoms with Crippen molar-refractivity contribution in [3.8, 4) is 0 Å². The molecule has 0 saturated heterocycles. The molecule has 0 aliphatic rings. The first kappa shape index (κ1) is 12.0. The fraction of sp³-hybridized carbons (Fsp3) is 0.154. The molecular formula is C13H12BrFN2. The van der Waals surface area contributed by atoms with Crippen LogP contribution in [0.4, 0.5) is 4.39 Å². The maximum atomic E-state index is 13.5. The Morgan fingerprint density at radius 3 is 2.53 bits per heavy atom. The molecule has 0 aliphatic carbocycles. The highest BCUT2D eigenvalue weighted by Gasteiger charge is 2.07. The summed E-state index contributed by atoms with van der Waals surface area (Å²) >= 11 is 3.18. The van der Waals surface area contributed by atoms with Crippen LogP contribution in [0.25, 0.3) is 10.8 Å². The standard InChI is InChI=1S/C13H12BrFN2/c1-7-3-8-5-11(14)12(15)6-9(8)4-10(7)13(16)17-2/h3-6H,1-2H3,(H2,16,17). The maximum Gasteiger partial charge on any atom is 0.138 e. The predicted octanol–water partition coefficient (Wildman–Crippen LogP) is 3.38. The number of aliphatic imine (C=N–C) groups is 1. The topological polar surface area (TPSA) is 38.4 Å². The van der Waals surface area contributed by atoms with E-state index in [-0.39, 0.29) is 5.82 Å². The highest BCUT2D eigenvalue weighted by atomic mass is 79.9. The van der Waals surface area contributed by atoms with Crippen molar-refractivity contribution in [1.29, 1.82) is 0 Å². The van der Waals surface area contributed by atoms with E-state index in [2.05, 4.69) is 20.9 Å². The molecule has 88 valence electrons. The second-order valence-corrected chi connectivity index (χ2v) is 4.74. The molecule has 4 heteroatoms. The van der Waals surface area contributed by atoms with Gasteiger partial charge in [0.1, 0.15) is 11.7 Å². The summed E-state index contributed by atoms with van der Waals surface area (Å²) < 4.78 is 13.9. The van der Waals surface area contributed by atoms with Gasteiger partial charge in [-0.15, -0.1) is 0 Å². The van der Waals surface area contributed by atoms with Crippen molar-refractivity contribution in [2.45, 2.75) is 6.92 Å². The van der Waals surface area contributed by atoms with Crippen molar-refractivity contribution in [2.24, 2.45) is 10.7 Å². The number of nitrogens with zero attached hydrogens (tertiary/aromatic N) is 1. The van der Waals surface area contributed by atoms with Crippen LogP contribution >= 0.6 is 15.9 Å². The molecule has 0 fully saturated rings. The van der Waals surface area contributed by atoms with Crippen molar-refractivity contribution in [2.75, 3.05) is 7.05 Å². The molecule has 2 aromatic carbocycles. The number of halogens is 2. The van der Waals surface area contributed by atoms with Gasteiger partial charge in [-0.2, -0.15) is 0 Å². The number of hydrogen-bond donors (Lipinski definition) is 1. The van der Waals surface area contributed by atoms with E-state index in [4.69, 9.17) is 5.73 Å². The first-order valence-electron chi connectivity index (χ1n) is 5.15. The van der Waals surface area contributed by atoms with Gasteiger partial charge in [-0.1, -0.05) is 6.07 Å². The Balaban J connectivity index is 2.76. The fourth-order valence-corrected chi connectivity index (χ4v) is 2.17. The Labute approximate surface area is 107 Å². The molecule has 2 aromatic rings. The van der Waals surface area contributed by atoms with Crippen LogP contribution in [0.3, 0.4) is 0 Å². The lowest BCUT2D eigenvalue weighted by Gasteiger charge is -2.08. The summed E-state index contributed by atoms with van der Waals surface area (Å²) in [5.41, 5.74) is 7.68. The van der Waals surface area contributed by atoms with Gasteiger partial charge in [0.25, 0.3) is 0 Å². The lowest BCUT2D eigenvalue weighted by Crippen LogP contribution is -2.14. The van der Waals surface area contributed by atoms with Gasteiger partial charge in [-0.25, -0.2) is 4.39 Å². The molecule has 0 saturated carbocycles. The Kier molecular flexibility index (Phi) is 3.15. The second-order valence-electron chi connectivity index (χ2n) is 3.89. The first-order chi connectivity index (χ1) is 8.02. The quantitative estimate of drug-likeness (QED) is 0.635. The number of benzene rings is 2. The highest BCUT2D eigenvalue weighted by Crippen LogP contribution is 2.26. The van der Waals surface area contributed by atoms with Crippen LogP contribution < -0.4 is 5.73 Å². The van der Waals surface area contributed by atoms with Crippen LogP contribution in [0.5, 0.6) is 0 Å². The molecule has 0 bridgehead atoms. The van der Waals surface area contributed by atoms with Crippen LogP contribution in [-0.4, -0.2) is 12.9 Å². The van der Waals surface area contributed by atoms with Crippen LogP contribution in [-0.2, 0) is 0 Å². The van der Waals surface area contributed by atoms with Gasteiger partial charge in [-0.05, 0) is 57.4 Å². The second kappa shape index (κ2) is 4.45. The predicted molar refractivity (Wildman–Crippen MR) is 73.0 cm³/mol. The third-order valence-electron chi connectivity index (χ3n) is 2.74. The molecule has 2 nitrogen and oxygen atoms in total. The molecular weight excluding hydrogens is 283 g/mol. The van der Waals surface area contributed by atoms with Crippen molar-refractivity contribution < 1.29 is 4.39 Å². The van der Waals surface area contributed by atoms with Crippen molar-refractivity contribution >= 4 is 32.5 Å². The summed E-state index contributed by atoms with van der Waals surface area (Å²) in [6.07, 6.45) is 0. The van der Waals surface area contributed by atoms with Gasteiger partial charge < -0.3 is 5.73 Å². The van der Waals surface area contributed by atoms with E-state index in [0.717, 1.165) is 21.9 Å². The van der Waals surface area contributed by atoms with E-state index in [1.165, 1.54) is 6.07 Å². The van der Waals surface area contributed by atoms with Crippen LogP contribution in [0, 0.1) is 12.7 Å². The largest absolute Gasteiger partial charge is 0.384 e. The molecule has 17 heavy (non-hydrogen) atoms. The SMILES string of the molecule is CN=C(N)c1cc2cc(F)c(Br)cc2cc1C. The minimum atomic E-state index is -0.278. The lowest BCUT2D eigenvalue weighted by atomic mass is 10.0. The van der Waals surface area contributed by atoms with Crippen molar-refractivity contribution in [3.63, 3.8) is 0 Å². The maximum absolute atomic E-state index is 13.5. The van der Waals surface area contributed by atoms with Crippen LogP contribution in [0.15, 0.2) is 33.7 Å². The Morgan fingerprint density at radius 2 is 1.88 bits per heavy atom. The van der Waals surface area contributed by atoms with Crippen LogP contribution in [0.2, 0.25) is 0 Å². The van der Waals surface area contributed by atoms with Gasteiger partial charge in [-0.3, -0.25) is 4.99 Å². The summed E-state index contributed by atoms with van der Waals surface area (Å²) in [4.78, 5) is 3.96. The fourth-order valence-electron chi connectivity index (χ4n) is 1.80. The average Bonchev–Trinajstić information content (AvgIpc) is 2.30. The third-order valence-corrected chi connectivity index (χ3v) is 3.35. The highest BCUT2D eigenvalue weighted by molar-refractivity contribution is 9.10. The smallest absolute Gasteiger partial charge is 0.138 e. The van der Waals surface area contributed by atoms with Gasteiger partial charge >= 0.3 is 0 Å². The van der Waals surface area contributed by atoms with Gasteiger partial charge in [0.05, 0.1) is 4.47 Å². The Morgan fingerprint density at radius 1 is 1.24 bits per heavy atom. The molecule has 2 N–H and O–H groups in total. The number of aryl methyl sites for hydroxylation is 1. The van der Waals surface area contributed by atoms with E-state index in [0.29, 0.717) is 10.3 Å². The van der Waals surface area contributed by atoms with E-state index in [9.17, 15) is 4.39 Å². The summed E-state index contributed by atoms with van der Waals surface area (Å²) in [6, 6.07) is 7.10. The molecule has 0 atom stereocenters. The number of rotatable bonds is 1. The van der Waals surface area contributed by atoms with Gasteiger partial charge in [0.2, 0.25) is 0 Å². The van der Waals surface area contributed by atoms with E-state index in [1.807, 2.05) is 19.1 Å². The number of amidine groups is 1. The molecule has 0 amide bonds. The van der Waals surface area contributed by atoms with Gasteiger partial charge in [0.15, 0.2) is 0 Å². The van der Waals surface area contributed by atoms with Crippen molar-refractivity contribution in [3.05, 3.63) is 45.7 Å². The molecule has 0 unspecified atom stereocenters. The molecule has 0 radical (unpaired) electrons. The molecule has 0 spiro atoms. The average molecular weight is 295 g/mol. The number of hydrogen-bond acceptors (Lipinski definition) is 1. The summed E-state index contributed by atoms with van der Waals surface area (Å²) in [5, 5.41) is 1.79. The van der Waals surface area contributed by atoms with Crippen LogP contribution in [0.1, 0.15) is 11.1 Å². The Bertz CT molecular complexity index is 620. The molecule has 0 aliphatic heterocycles. The number of fused-ring (bicyclic) bond motifs is 1. The molecule has 2 rings (SSSR count). The zero-order valence-corrected chi connectivity index (χ0v) is 11.2. The van der Waals surface area contributed by atoms with Gasteiger partial charge in [0, 0.05) is 12.6 Å². The van der Waals surface area contributed by atoms with Crippen molar-refractivity contribution in [1.82, 2.24) is 0 Å². The molecule has 0 heterocycles. The zero-order valence-electron chi connectivity index (χ0n) is 9.59. The lowest BCUT2D eigenvalue weighted by molar-refractivity contribution is 0.623. The summed E-state index contributed by atoms with van der Waals surface area (Å²) in [6.45, 7) is 1.96. The Hall–Kier alpha value is -1.42. The summed E-state index contributed by atoms with van der Waals surface area (Å²) in [5.74, 6) is 0.187. The van der Waals surface area contributed by atoms with E-state index in [1.54, 1.807) is 13.1 Å². The monoisotopic (exact) mass is 294 g/mol. The minimum absolute atomic E-state index is 0.278. The first-order valence-corrected chi connectivity index (χ1v) is 5.94. The zero-order chi connectivity index (χ0) is 12.6. The third kappa shape index (κ3) is 2.17. The van der Waals surface area contributed by atoms with E-state index >= 15 is 0 Å². The normalized spacial score (nSPS) is 12.1. The summed E-state index contributed by atoms with van der Waals surface area (Å²) in [7, 11) is 1.64. The minimum Gasteiger partial charge on any atom is -0.384 e. The van der Waals surface area contributed by atoms with E-state index < -0.39 is 0 Å². The number of nitrogens with two attached hydrogens (primary N) is 1.